The number of carbonyl (C=O) groups is 1. The van der Waals surface area contributed by atoms with E-state index in [1.54, 1.807) is 6.92 Å². The summed E-state index contributed by atoms with van der Waals surface area (Å²) < 4.78 is 4.89. The van der Waals surface area contributed by atoms with Crippen LogP contribution in [0.3, 0.4) is 0 Å². The minimum absolute atomic E-state index is 0.286. The van der Waals surface area contributed by atoms with Crippen LogP contribution in [0.25, 0.3) is 0 Å². The predicted octanol–water partition coefficient (Wildman–Crippen LogP) is 2.50. The summed E-state index contributed by atoms with van der Waals surface area (Å²) in [5.74, 6) is -0.286. The molecule has 2 heteroatoms. The summed E-state index contributed by atoms with van der Waals surface area (Å²) in [6.45, 7) is 7.74. The monoisotopic (exact) mass is 169 g/mol. The van der Waals surface area contributed by atoms with Crippen LogP contribution in [0.2, 0.25) is 0 Å². The van der Waals surface area contributed by atoms with Gasteiger partial charge in [0.1, 0.15) is 0 Å². The van der Waals surface area contributed by atoms with E-state index in [0.29, 0.717) is 12.2 Å². The molecule has 0 aliphatic rings. The van der Waals surface area contributed by atoms with E-state index in [-0.39, 0.29) is 5.97 Å². The standard InChI is InChI=1S/C10H17O2/c1-4-5-6-7-8-12-10(11)9(2)3/h5H,2,4,6-8H2,1,3H3. The molecule has 69 valence electrons. The zero-order valence-electron chi connectivity index (χ0n) is 7.93. The highest BCUT2D eigenvalue weighted by Gasteiger charge is 2.01. The van der Waals surface area contributed by atoms with Gasteiger partial charge in [-0.25, -0.2) is 4.79 Å². The Kier molecular flexibility index (Phi) is 6.44. The van der Waals surface area contributed by atoms with Crippen LogP contribution in [0.15, 0.2) is 12.2 Å². The number of ether oxygens (including phenoxy) is 1. The Hall–Kier alpha value is -0.790. The van der Waals surface area contributed by atoms with Gasteiger partial charge in [0.05, 0.1) is 6.61 Å². The molecule has 0 aromatic heterocycles. The van der Waals surface area contributed by atoms with Gasteiger partial charge in [0.15, 0.2) is 0 Å². The van der Waals surface area contributed by atoms with E-state index < -0.39 is 0 Å². The molecule has 0 bridgehead atoms. The molecule has 0 saturated heterocycles. The molecule has 0 amide bonds. The molecule has 0 unspecified atom stereocenters. The molecule has 2 nitrogen and oxygen atoms in total. The lowest BCUT2D eigenvalue weighted by Crippen LogP contribution is -2.05. The Morgan fingerprint density at radius 3 is 2.75 bits per heavy atom. The maximum atomic E-state index is 10.8. The quantitative estimate of drug-likeness (QED) is 0.347. The Balaban J connectivity index is 3.20. The van der Waals surface area contributed by atoms with Crippen molar-refractivity contribution in [2.75, 3.05) is 6.61 Å². The molecule has 0 spiro atoms. The van der Waals surface area contributed by atoms with E-state index >= 15 is 0 Å². The van der Waals surface area contributed by atoms with Crippen molar-refractivity contribution in [1.82, 2.24) is 0 Å². The topological polar surface area (TPSA) is 26.3 Å². The van der Waals surface area contributed by atoms with Gasteiger partial charge in [-0.15, -0.1) is 0 Å². The third-order valence-corrected chi connectivity index (χ3v) is 1.42. The molecule has 0 aromatic rings. The molecule has 0 saturated carbocycles. The summed E-state index contributed by atoms with van der Waals surface area (Å²) in [7, 11) is 0. The first kappa shape index (κ1) is 11.2. The molecular weight excluding hydrogens is 152 g/mol. The smallest absolute Gasteiger partial charge is 0.333 e. The zero-order chi connectivity index (χ0) is 9.40. The highest BCUT2D eigenvalue weighted by Crippen LogP contribution is 1.99. The van der Waals surface area contributed by atoms with E-state index in [9.17, 15) is 4.79 Å². The van der Waals surface area contributed by atoms with Crippen molar-refractivity contribution >= 4 is 5.97 Å². The number of rotatable bonds is 6. The molecule has 1 radical (unpaired) electrons. The number of unbranched alkanes of at least 4 members (excludes halogenated alkanes) is 3. The van der Waals surface area contributed by atoms with Crippen LogP contribution < -0.4 is 0 Å². The van der Waals surface area contributed by atoms with E-state index in [0.717, 1.165) is 19.3 Å². The average Bonchev–Trinajstić information content (AvgIpc) is 2.03. The zero-order valence-corrected chi connectivity index (χ0v) is 7.93. The van der Waals surface area contributed by atoms with Crippen molar-refractivity contribution in [3.8, 4) is 0 Å². The first-order chi connectivity index (χ1) is 5.68. The second kappa shape index (κ2) is 6.89. The largest absolute Gasteiger partial charge is 0.462 e. The van der Waals surface area contributed by atoms with Crippen molar-refractivity contribution in [2.45, 2.75) is 33.1 Å². The number of hydrogen-bond donors (Lipinski definition) is 0. The van der Waals surface area contributed by atoms with Crippen molar-refractivity contribution in [2.24, 2.45) is 0 Å². The lowest BCUT2D eigenvalue weighted by Gasteiger charge is -2.02. The molecule has 0 aromatic carbocycles. The van der Waals surface area contributed by atoms with Gasteiger partial charge in [-0.3, -0.25) is 0 Å². The maximum absolute atomic E-state index is 10.8. The lowest BCUT2D eigenvalue weighted by molar-refractivity contribution is -0.139. The van der Waals surface area contributed by atoms with Crippen molar-refractivity contribution < 1.29 is 9.53 Å². The fourth-order valence-electron chi connectivity index (χ4n) is 0.720. The Labute approximate surface area is 74.6 Å². The van der Waals surface area contributed by atoms with Crippen LogP contribution in [0, 0.1) is 6.42 Å². The van der Waals surface area contributed by atoms with E-state index in [4.69, 9.17) is 4.74 Å². The second-order valence-corrected chi connectivity index (χ2v) is 2.76. The third kappa shape index (κ3) is 5.96. The summed E-state index contributed by atoms with van der Waals surface area (Å²) in [6.07, 6.45) is 5.18. The first-order valence-corrected chi connectivity index (χ1v) is 4.32. The van der Waals surface area contributed by atoms with E-state index in [1.165, 1.54) is 0 Å². The summed E-state index contributed by atoms with van der Waals surface area (Å²) in [5, 5.41) is 0. The van der Waals surface area contributed by atoms with Gasteiger partial charge in [-0.05, 0) is 26.2 Å². The minimum atomic E-state index is -0.286. The number of esters is 1. The first-order valence-electron chi connectivity index (χ1n) is 4.32. The fourth-order valence-corrected chi connectivity index (χ4v) is 0.720. The summed E-state index contributed by atoms with van der Waals surface area (Å²) >= 11 is 0. The molecule has 0 N–H and O–H groups in total. The van der Waals surface area contributed by atoms with Crippen LogP contribution in [0.4, 0.5) is 0 Å². The normalized spacial score (nSPS) is 9.50. The minimum Gasteiger partial charge on any atom is -0.462 e. The third-order valence-electron chi connectivity index (χ3n) is 1.42. The number of carbonyl (C=O) groups excluding carboxylic acids is 1. The van der Waals surface area contributed by atoms with Gasteiger partial charge in [0.25, 0.3) is 0 Å². The van der Waals surface area contributed by atoms with E-state index in [2.05, 4.69) is 19.9 Å². The maximum Gasteiger partial charge on any atom is 0.333 e. The van der Waals surface area contributed by atoms with Gasteiger partial charge < -0.3 is 4.74 Å². The summed E-state index contributed by atoms with van der Waals surface area (Å²) in [6, 6.07) is 0. The van der Waals surface area contributed by atoms with Gasteiger partial charge in [-0.1, -0.05) is 19.9 Å². The van der Waals surface area contributed by atoms with Crippen LogP contribution in [-0.2, 0) is 9.53 Å². The Bertz CT molecular complexity index is 150. The predicted molar refractivity (Wildman–Crippen MR) is 49.6 cm³/mol. The molecule has 0 rings (SSSR count). The lowest BCUT2D eigenvalue weighted by atomic mass is 10.2. The van der Waals surface area contributed by atoms with Gasteiger partial charge in [-0.2, -0.15) is 0 Å². The Morgan fingerprint density at radius 2 is 2.25 bits per heavy atom. The Morgan fingerprint density at radius 1 is 1.58 bits per heavy atom. The van der Waals surface area contributed by atoms with Crippen LogP contribution in [0.5, 0.6) is 0 Å². The summed E-state index contributed by atoms with van der Waals surface area (Å²) in [5.41, 5.74) is 0.467. The van der Waals surface area contributed by atoms with Gasteiger partial charge in [0, 0.05) is 5.57 Å². The molecular formula is C10H17O2. The van der Waals surface area contributed by atoms with Crippen LogP contribution in [-0.4, -0.2) is 12.6 Å². The average molecular weight is 169 g/mol. The van der Waals surface area contributed by atoms with Gasteiger partial charge in [0.2, 0.25) is 0 Å². The van der Waals surface area contributed by atoms with Crippen molar-refractivity contribution in [3.05, 3.63) is 18.6 Å². The second-order valence-electron chi connectivity index (χ2n) is 2.76. The summed E-state index contributed by atoms with van der Waals surface area (Å²) in [4.78, 5) is 10.8. The van der Waals surface area contributed by atoms with E-state index in [1.807, 2.05) is 0 Å². The van der Waals surface area contributed by atoms with Gasteiger partial charge >= 0.3 is 5.97 Å². The highest BCUT2D eigenvalue weighted by atomic mass is 16.5. The SMILES string of the molecule is C=C(C)C(=O)OCCC[CH]CC. The molecule has 0 heterocycles. The molecule has 0 aliphatic carbocycles. The van der Waals surface area contributed by atoms with Crippen molar-refractivity contribution in [1.29, 1.82) is 0 Å². The molecule has 0 fully saturated rings. The highest BCUT2D eigenvalue weighted by molar-refractivity contribution is 5.86. The molecule has 0 atom stereocenters. The van der Waals surface area contributed by atoms with Crippen molar-refractivity contribution in [3.63, 3.8) is 0 Å². The van der Waals surface area contributed by atoms with Crippen LogP contribution in [0.1, 0.15) is 33.1 Å². The molecule has 12 heavy (non-hydrogen) atoms. The number of hydrogen-bond acceptors (Lipinski definition) is 2. The fraction of sp³-hybridized carbons (Fsp3) is 0.600. The van der Waals surface area contributed by atoms with Crippen LogP contribution >= 0.6 is 0 Å². The molecule has 0 aliphatic heterocycles.